The summed E-state index contributed by atoms with van der Waals surface area (Å²) >= 11 is 0. The van der Waals surface area contributed by atoms with Crippen LogP contribution in [0, 0.1) is 5.92 Å². The minimum Gasteiger partial charge on any atom is -0.252 e. The van der Waals surface area contributed by atoms with Crippen molar-refractivity contribution in [1.29, 1.82) is 0 Å². The average molecular weight is 283 g/mol. The molecule has 2 aliphatic rings. The topological polar surface area (TPSA) is 12.9 Å². The molecule has 0 N–H and O–H groups in total. The molecule has 0 aromatic carbocycles. The molecule has 114 valence electrons. The highest BCUT2D eigenvalue weighted by molar-refractivity contribution is 5.69. The molecule has 2 aliphatic carbocycles. The quantitative estimate of drug-likeness (QED) is 0.702. The van der Waals surface area contributed by atoms with Gasteiger partial charge in [0.2, 0.25) is 0 Å². The molecule has 0 fully saturated rings. The Bertz CT molecular complexity index is 564. The van der Waals surface area contributed by atoms with Crippen molar-refractivity contribution in [3.05, 3.63) is 34.2 Å². The lowest BCUT2D eigenvalue weighted by molar-refractivity contribution is 0.641. The van der Waals surface area contributed by atoms with Crippen LogP contribution in [0.1, 0.15) is 87.4 Å². The third-order valence-electron chi connectivity index (χ3n) is 4.92. The van der Waals surface area contributed by atoms with Gasteiger partial charge in [0.1, 0.15) is 0 Å². The van der Waals surface area contributed by atoms with Gasteiger partial charge in [-0.3, -0.25) is 4.98 Å². The lowest BCUT2D eigenvalue weighted by Gasteiger charge is -2.29. The Kier molecular flexibility index (Phi) is 4.19. The van der Waals surface area contributed by atoms with E-state index in [1.165, 1.54) is 61.9 Å². The lowest BCUT2D eigenvalue weighted by atomic mass is 9.79. The Morgan fingerprint density at radius 1 is 0.810 bits per heavy atom. The van der Waals surface area contributed by atoms with Crippen molar-refractivity contribution >= 4 is 5.57 Å². The van der Waals surface area contributed by atoms with Gasteiger partial charge < -0.3 is 0 Å². The Labute approximate surface area is 129 Å². The van der Waals surface area contributed by atoms with E-state index in [1.54, 1.807) is 16.7 Å². The summed E-state index contributed by atoms with van der Waals surface area (Å²) in [5.74, 6) is 1.16. The molecule has 1 heteroatoms. The highest BCUT2D eigenvalue weighted by Gasteiger charge is 2.26. The standard InChI is InChI=1S/C20H29N/c1-13(2)12-15-8-7-11-18-16-9-5-6-10-17(16)19(14(3)4)21-20(15)18/h12-14H,5-11H2,1-4H3/b15-12+. The van der Waals surface area contributed by atoms with Crippen LogP contribution in [0.5, 0.6) is 0 Å². The van der Waals surface area contributed by atoms with Crippen LogP contribution < -0.4 is 0 Å². The minimum absolute atomic E-state index is 0.546. The summed E-state index contributed by atoms with van der Waals surface area (Å²) in [6.07, 6.45) is 11.5. The molecule has 0 aliphatic heterocycles. The number of rotatable bonds is 2. The fraction of sp³-hybridized carbons (Fsp3) is 0.650. The maximum absolute atomic E-state index is 5.19. The predicted octanol–water partition coefficient (Wildman–Crippen LogP) is 5.46. The van der Waals surface area contributed by atoms with Crippen molar-refractivity contribution in [3.63, 3.8) is 0 Å². The molecule has 1 aromatic rings. The number of aromatic nitrogens is 1. The van der Waals surface area contributed by atoms with E-state index in [1.807, 2.05) is 0 Å². The second-order valence-corrected chi connectivity index (χ2v) is 7.43. The van der Waals surface area contributed by atoms with E-state index in [2.05, 4.69) is 33.8 Å². The average Bonchev–Trinajstić information content (AvgIpc) is 2.46. The van der Waals surface area contributed by atoms with E-state index >= 15 is 0 Å². The summed E-state index contributed by atoms with van der Waals surface area (Å²) in [6.45, 7) is 9.17. The van der Waals surface area contributed by atoms with Gasteiger partial charge in [-0.2, -0.15) is 0 Å². The van der Waals surface area contributed by atoms with Crippen LogP contribution in [0.3, 0.4) is 0 Å². The fourth-order valence-electron chi connectivity index (χ4n) is 4.07. The number of nitrogens with zero attached hydrogens (tertiary/aromatic N) is 1. The number of hydrogen-bond donors (Lipinski definition) is 0. The first-order valence-corrected chi connectivity index (χ1v) is 8.83. The predicted molar refractivity (Wildman–Crippen MR) is 90.7 cm³/mol. The second kappa shape index (κ2) is 5.94. The van der Waals surface area contributed by atoms with E-state index < -0.39 is 0 Å². The normalized spacial score (nSPS) is 20.0. The number of fused-ring (bicyclic) bond motifs is 3. The van der Waals surface area contributed by atoms with Crippen LogP contribution in [0.15, 0.2) is 6.08 Å². The molecule has 0 saturated heterocycles. The first kappa shape index (κ1) is 14.8. The van der Waals surface area contributed by atoms with Crippen LogP contribution in [-0.2, 0) is 19.3 Å². The van der Waals surface area contributed by atoms with E-state index in [0.717, 1.165) is 0 Å². The summed E-state index contributed by atoms with van der Waals surface area (Å²) in [5.41, 5.74) is 9.16. The van der Waals surface area contributed by atoms with E-state index in [4.69, 9.17) is 4.98 Å². The van der Waals surface area contributed by atoms with Crippen molar-refractivity contribution in [3.8, 4) is 0 Å². The number of pyridine rings is 1. The smallest absolute Gasteiger partial charge is 0.0696 e. The van der Waals surface area contributed by atoms with Gasteiger partial charge in [-0.25, -0.2) is 0 Å². The third kappa shape index (κ3) is 2.80. The van der Waals surface area contributed by atoms with Gasteiger partial charge in [-0.1, -0.05) is 33.8 Å². The number of hydrogen-bond acceptors (Lipinski definition) is 1. The SMILES string of the molecule is CC(C)/C=C1\CCCc2c1nc(C(C)C)c1c2CCCC1. The van der Waals surface area contributed by atoms with Crippen molar-refractivity contribution in [1.82, 2.24) is 4.98 Å². The van der Waals surface area contributed by atoms with E-state index in [-0.39, 0.29) is 0 Å². The molecule has 3 rings (SSSR count). The maximum atomic E-state index is 5.19. The largest absolute Gasteiger partial charge is 0.252 e. The summed E-state index contributed by atoms with van der Waals surface area (Å²) < 4.78 is 0. The Hall–Kier alpha value is -1.11. The van der Waals surface area contributed by atoms with Gasteiger partial charge in [-0.05, 0) is 79.0 Å². The Morgan fingerprint density at radius 3 is 2.14 bits per heavy atom. The van der Waals surface area contributed by atoms with Crippen LogP contribution in [0.2, 0.25) is 0 Å². The highest BCUT2D eigenvalue weighted by atomic mass is 14.7. The molecule has 1 heterocycles. The van der Waals surface area contributed by atoms with Gasteiger partial charge in [0.25, 0.3) is 0 Å². The van der Waals surface area contributed by atoms with Crippen LogP contribution in [-0.4, -0.2) is 4.98 Å². The summed E-state index contributed by atoms with van der Waals surface area (Å²) in [4.78, 5) is 5.19. The van der Waals surface area contributed by atoms with Crippen LogP contribution in [0.4, 0.5) is 0 Å². The van der Waals surface area contributed by atoms with Gasteiger partial charge in [0.15, 0.2) is 0 Å². The van der Waals surface area contributed by atoms with Gasteiger partial charge >= 0.3 is 0 Å². The second-order valence-electron chi connectivity index (χ2n) is 7.43. The molecule has 0 unspecified atom stereocenters. The van der Waals surface area contributed by atoms with Crippen LogP contribution >= 0.6 is 0 Å². The Morgan fingerprint density at radius 2 is 1.48 bits per heavy atom. The summed E-state index contributed by atoms with van der Waals surface area (Å²) in [5, 5.41) is 0. The fourth-order valence-corrected chi connectivity index (χ4v) is 4.07. The van der Waals surface area contributed by atoms with Crippen molar-refractivity contribution in [2.75, 3.05) is 0 Å². The zero-order valence-corrected chi connectivity index (χ0v) is 14.1. The minimum atomic E-state index is 0.546. The first-order valence-electron chi connectivity index (χ1n) is 8.83. The van der Waals surface area contributed by atoms with Gasteiger partial charge in [0, 0.05) is 5.69 Å². The Balaban J connectivity index is 2.20. The maximum Gasteiger partial charge on any atom is 0.0696 e. The zero-order chi connectivity index (χ0) is 15.0. The molecule has 0 amide bonds. The molecule has 1 nitrogen and oxygen atoms in total. The number of allylic oxidation sites excluding steroid dienone is 2. The van der Waals surface area contributed by atoms with E-state index in [9.17, 15) is 0 Å². The highest BCUT2D eigenvalue weighted by Crippen LogP contribution is 2.38. The molecule has 0 radical (unpaired) electrons. The molecule has 0 saturated carbocycles. The molecule has 0 spiro atoms. The summed E-state index contributed by atoms with van der Waals surface area (Å²) in [7, 11) is 0. The van der Waals surface area contributed by atoms with Gasteiger partial charge in [-0.15, -0.1) is 0 Å². The summed E-state index contributed by atoms with van der Waals surface area (Å²) in [6, 6.07) is 0. The van der Waals surface area contributed by atoms with Crippen molar-refractivity contribution in [2.24, 2.45) is 5.92 Å². The van der Waals surface area contributed by atoms with Crippen molar-refractivity contribution < 1.29 is 0 Å². The lowest BCUT2D eigenvalue weighted by Crippen LogP contribution is -2.18. The molecule has 21 heavy (non-hydrogen) atoms. The van der Waals surface area contributed by atoms with Crippen LogP contribution in [0.25, 0.3) is 5.57 Å². The molecular formula is C20H29N. The monoisotopic (exact) mass is 283 g/mol. The molecular weight excluding hydrogens is 254 g/mol. The van der Waals surface area contributed by atoms with Gasteiger partial charge in [0.05, 0.1) is 5.69 Å². The molecule has 0 atom stereocenters. The molecule has 0 bridgehead atoms. The first-order chi connectivity index (χ1) is 10.1. The zero-order valence-electron chi connectivity index (χ0n) is 14.1. The molecule has 1 aromatic heterocycles. The van der Waals surface area contributed by atoms with E-state index in [0.29, 0.717) is 11.8 Å². The van der Waals surface area contributed by atoms with Crippen molar-refractivity contribution in [2.45, 2.75) is 78.6 Å². The third-order valence-corrected chi connectivity index (χ3v) is 4.92.